The molecule has 96 valence electrons. The van der Waals surface area contributed by atoms with Crippen LogP contribution < -0.4 is 5.43 Å². The number of amides is 1. The number of hydrazone groups is 1. The monoisotopic (exact) mass is 238 g/mol. The third kappa shape index (κ3) is 4.11. The fourth-order valence-electron chi connectivity index (χ4n) is 2.42. The number of rotatable bonds is 2. The number of ether oxygens (including phenoxy) is 1. The summed E-state index contributed by atoms with van der Waals surface area (Å²) >= 11 is 0. The van der Waals surface area contributed by atoms with E-state index in [4.69, 9.17) is 4.74 Å². The van der Waals surface area contributed by atoms with Gasteiger partial charge in [0, 0.05) is 12.3 Å². The van der Waals surface area contributed by atoms with Crippen molar-refractivity contribution in [2.45, 2.75) is 63.9 Å². The maximum atomic E-state index is 11.7. The number of nitrogens with one attached hydrogen (secondary N) is 1. The van der Waals surface area contributed by atoms with Crippen LogP contribution in [0.3, 0.4) is 0 Å². The first-order valence-electron chi connectivity index (χ1n) is 6.83. The minimum Gasteiger partial charge on any atom is -0.368 e. The Morgan fingerprint density at radius 1 is 1.12 bits per heavy atom. The Bertz CT molecular complexity index is 273. The van der Waals surface area contributed by atoms with Crippen LogP contribution in [0.15, 0.2) is 5.10 Å². The van der Waals surface area contributed by atoms with E-state index in [-0.39, 0.29) is 12.0 Å². The quantitative estimate of drug-likeness (QED) is 0.751. The van der Waals surface area contributed by atoms with E-state index in [1.165, 1.54) is 32.1 Å². The number of nitrogens with zero attached hydrogens (tertiary/aromatic N) is 1. The molecule has 17 heavy (non-hydrogen) atoms. The van der Waals surface area contributed by atoms with Crippen molar-refractivity contribution in [3.63, 3.8) is 0 Å². The lowest BCUT2D eigenvalue weighted by Gasteiger charge is -2.12. The minimum absolute atomic E-state index is 0.0722. The summed E-state index contributed by atoms with van der Waals surface area (Å²) in [7, 11) is 0. The Morgan fingerprint density at radius 3 is 2.47 bits per heavy atom. The molecule has 1 N–H and O–H groups in total. The maximum Gasteiger partial charge on any atom is 0.269 e. The van der Waals surface area contributed by atoms with Crippen molar-refractivity contribution in [2.24, 2.45) is 5.10 Å². The van der Waals surface area contributed by atoms with Crippen LogP contribution in [0, 0.1) is 0 Å². The normalized spacial score (nSPS) is 26.1. The number of hydrogen-bond acceptors (Lipinski definition) is 3. The molecule has 1 saturated carbocycles. The van der Waals surface area contributed by atoms with E-state index in [9.17, 15) is 4.79 Å². The molecule has 0 radical (unpaired) electrons. The molecule has 1 atom stereocenters. The van der Waals surface area contributed by atoms with Gasteiger partial charge in [0.1, 0.15) is 6.10 Å². The van der Waals surface area contributed by atoms with E-state index >= 15 is 0 Å². The molecule has 0 aromatic rings. The van der Waals surface area contributed by atoms with Crippen molar-refractivity contribution < 1.29 is 9.53 Å². The largest absolute Gasteiger partial charge is 0.368 e. The summed E-state index contributed by atoms with van der Waals surface area (Å²) in [6, 6.07) is 0. The van der Waals surface area contributed by atoms with Crippen LogP contribution in [0.2, 0.25) is 0 Å². The molecule has 4 nitrogen and oxygen atoms in total. The van der Waals surface area contributed by atoms with Crippen LogP contribution in [0.25, 0.3) is 0 Å². The van der Waals surface area contributed by atoms with Crippen LogP contribution in [-0.2, 0) is 9.53 Å². The van der Waals surface area contributed by atoms with Crippen LogP contribution in [0.5, 0.6) is 0 Å². The van der Waals surface area contributed by atoms with Gasteiger partial charge in [-0.25, -0.2) is 5.43 Å². The van der Waals surface area contributed by atoms with Gasteiger partial charge in [-0.3, -0.25) is 4.79 Å². The van der Waals surface area contributed by atoms with Gasteiger partial charge in [0.2, 0.25) is 0 Å². The van der Waals surface area contributed by atoms with Gasteiger partial charge in [-0.2, -0.15) is 5.10 Å². The van der Waals surface area contributed by atoms with E-state index in [2.05, 4.69) is 10.5 Å². The summed E-state index contributed by atoms with van der Waals surface area (Å²) in [4.78, 5) is 11.7. The van der Waals surface area contributed by atoms with Crippen molar-refractivity contribution in [2.75, 3.05) is 6.61 Å². The summed E-state index contributed by atoms with van der Waals surface area (Å²) in [6.07, 6.45) is 9.94. The van der Waals surface area contributed by atoms with Gasteiger partial charge in [-0.05, 0) is 38.5 Å². The average molecular weight is 238 g/mol. The van der Waals surface area contributed by atoms with Gasteiger partial charge in [-0.1, -0.05) is 19.3 Å². The van der Waals surface area contributed by atoms with Gasteiger partial charge in [0.15, 0.2) is 0 Å². The van der Waals surface area contributed by atoms with Crippen molar-refractivity contribution in [1.82, 2.24) is 5.43 Å². The summed E-state index contributed by atoms with van der Waals surface area (Å²) in [5.41, 5.74) is 3.82. The Kier molecular flexibility index (Phi) is 4.98. The zero-order chi connectivity index (χ0) is 11.9. The van der Waals surface area contributed by atoms with Crippen molar-refractivity contribution in [3.05, 3.63) is 0 Å². The fourth-order valence-corrected chi connectivity index (χ4v) is 2.42. The van der Waals surface area contributed by atoms with Gasteiger partial charge in [0.05, 0.1) is 0 Å². The lowest BCUT2D eigenvalue weighted by molar-refractivity contribution is -0.130. The molecule has 2 aliphatic rings. The Hall–Kier alpha value is -0.900. The zero-order valence-electron chi connectivity index (χ0n) is 10.4. The second-order valence-electron chi connectivity index (χ2n) is 4.92. The average Bonchev–Trinajstić information content (AvgIpc) is 2.80. The molecule has 1 aliphatic carbocycles. The number of hydrogen-bond donors (Lipinski definition) is 1. The van der Waals surface area contributed by atoms with Crippen molar-refractivity contribution in [1.29, 1.82) is 0 Å². The van der Waals surface area contributed by atoms with Crippen molar-refractivity contribution >= 4 is 11.6 Å². The predicted octanol–water partition coefficient (Wildman–Crippen LogP) is 2.38. The van der Waals surface area contributed by atoms with E-state index in [0.717, 1.165) is 31.4 Å². The minimum atomic E-state index is -0.270. The summed E-state index contributed by atoms with van der Waals surface area (Å²) in [5.74, 6) is -0.0722. The smallest absolute Gasteiger partial charge is 0.269 e. The molecular formula is C13H22N2O2. The highest BCUT2D eigenvalue weighted by Crippen LogP contribution is 2.15. The lowest BCUT2D eigenvalue weighted by Crippen LogP contribution is -2.31. The van der Waals surface area contributed by atoms with Crippen LogP contribution >= 0.6 is 0 Å². The molecule has 2 rings (SSSR count). The highest BCUT2D eigenvalue weighted by Gasteiger charge is 2.23. The molecule has 1 aliphatic heterocycles. The van der Waals surface area contributed by atoms with Gasteiger partial charge in [-0.15, -0.1) is 0 Å². The Balaban J connectivity index is 1.78. The van der Waals surface area contributed by atoms with Crippen molar-refractivity contribution in [3.8, 4) is 0 Å². The molecular weight excluding hydrogens is 216 g/mol. The van der Waals surface area contributed by atoms with E-state index < -0.39 is 0 Å². The standard InChI is InChI=1S/C13H22N2O2/c16-13(12-9-6-10-17-12)15-14-11-7-4-2-1-3-5-8-11/h12H,1-10H2,(H,15,16)/t12-/m0/s1. The first kappa shape index (κ1) is 12.6. The summed E-state index contributed by atoms with van der Waals surface area (Å²) < 4.78 is 5.32. The molecule has 0 aromatic carbocycles. The molecule has 1 amide bonds. The molecule has 0 spiro atoms. The Labute approximate surface area is 103 Å². The third-order valence-electron chi connectivity index (χ3n) is 3.48. The number of carbonyl (C=O) groups excluding carboxylic acids is 1. The van der Waals surface area contributed by atoms with Crippen LogP contribution in [-0.4, -0.2) is 24.3 Å². The second kappa shape index (κ2) is 6.74. The predicted molar refractivity (Wildman–Crippen MR) is 66.9 cm³/mol. The van der Waals surface area contributed by atoms with Gasteiger partial charge < -0.3 is 4.74 Å². The highest BCUT2D eigenvalue weighted by molar-refractivity contribution is 5.87. The fraction of sp³-hybridized carbons (Fsp3) is 0.846. The highest BCUT2D eigenvalue weighted by atomic mass is 16.5. The first-order valence-corrected chi connectivity index (χ1v) is 6.83. The maximum absolute atomic E-state index is 11.7. The topological polar surface area (TPSA) is 50.7 Å². The van der Waals surface area contributed by atoms with Crippen LogP contribution in [0.1, 0.15) is 57.8 Å². The lowest BCUT2D eigenvalue weighted by atomic mass is 9.99. The molecule has 1 heterocycles. The number of carbonyl (C=O) groups is 1. The summed E-state index contributed by atoms with van der Waals surface area (Å²) in [5, 5.41) is 4.27. The molecule has 0 unspecified atom stereocenters. The molecule has 0 bridgehead atoms. The molecule has 4 heteroatoms. The third-order valence-corrected chi connectivity index (χ3v) is 3.48. The van der Waals surface area contributed by atoms with E-state index in [0.29, 0.717) is 6.61 Å². The van der Waals surface area contributed by atoms with Gasteiger partial charge in [0.25, 0.3) is 5.91 Å². The zero-order valence-corrected chi connectivity index (χ0v) is 10.4. The summed E-state index contributed by atoms with van der Waals surface area (Å²) in [6.45, 7) is 0.703. The van der Waals surface area contributed by atoms with E-state index in [1.54, 1.807) is 0 Å². The first-order chi connectivity index (χ1) is 8.36. The van der Waals surface area contributed by atoms with E-state index in [1.807, 2.05) is 0 Å². The SMILES string of the molecule is O=C(NN=C1CCCCCCC1)[C@@H]1CCCO1. The second-order valence-corrected chi connectivity index (χ2v) is 4.92. The molecule has 1 saturated heterocycles. The van der Waals surface area contributed by atoms with Crippen LogP contribution in [0.4, 0.5) is 0 Å². The molecule has 2 fully saturated rings. The molecule has 0 aromatic heterocycles. The van der Waals surface area contributed by atoms with Gasteiger partial charge >= 0.3 is 0 Å². The Morgan fingerprint density at radius 2 is 1.82 bits per heavy atom.